The van der Waals surface area contributed by atoms with E-state index in [2.05, 4.69) is 52.8 Å². The zero-order valence-electron chi connectivity index (χ0n) is 26.6. The highest BCUT2D eigenvalue weighted by Crippen LogP contribution is 2.40. The lowest BCUT2D eigenvalue weighted by Gasteiger charge is -2.23. The van der Waals surface area contributed by atoms with Crippen LogP contribution in [0.15, 0.2) is 77.8 Å². The quantitative estimate of drug-likeness (QED) is 0.0614. The van der Waals surface area contributed by atoms with Crippen LogP contribution in [-0.4, -0.2) is 35.6 Å². The van der Waals surface area contributed by atoms with Crippen molar-refractivity contribution in [2.45, 2.75) is 38.0 Å². The number of fused-ring (bicyclic) bond motifs is 1. The summed E-state index contributed by atoms with van der Waals surface area (Å²) in [5, 5.41) is 18.4. The normalized spacial score (nSPS) is 11.2. The number of ether oxygens (including phenoxy) is 2. The maximum Gasteiger partial charge on any atom is 0.323 e. The van der Waals surface area contributed by atoms with Crippen molar-refractivity contribution in [3.05, 3.63) is 89.6 Å². The first-order chi connectivity index (χ1) is 22.0. The minimum atomic E-state index is -0.397. The predicted octanol–water partition coefficient (Wildman–Crippen LogP) is 8.73. The average Bonchev–Trinajstić information content (AvgIpc) is 3.03. The number of nitrogens with two attached hydrogens (primary N) is 1. The van der Waals surface area contributed by atoms with E-state index in [-0.39, 0.29) is 5.41 Å². The van der Waals surface area contributed by atoms with Gasteiger partial charge in [0.2, 0.25) is 11.8 Å². The molecule has 0 saturated heterocycles. The van der Waals surface area contributed by atoms with Crippen molar-refractivity contribution in [3.63, 3.8) is 0 Å². The van der Waals surface area contributed by atoms with E-state index in [1.54, 1.807) is 49.3 Å². The second kappa shape index (κ2) is 13.4. The Morgan fingerprint density at radius 3 is 2.43 bits per heavy atom. The maximum atomic E-state index is 13.3. The Bertz CT molecular complexity index is 1940. The van der Waals surface area contributed by atoms with E-state index < -0.39 is 6.03 Å². The van der Waals surface area contributed by atoms with Gasteiger partial charge in [0.15, 0.2) is 5.75 Å². The van der Waals surface area contributed by atoms with Crippen LogP contribution in [0.3, 0.4) is 0 Å². The van der Waals surface area contributed by atoms with E-state index in [1.807, 2.05) is 49.6 Å². The molecule has 5 rings (SSSR count). The van der Waals surface area contributed by atoms with Gasteiger partial charge in [-0.05, 0) is 66.1 Å². The number of benzene rings is 4. The lowest BCUT2D eigenvalue weighted by atomic mass is 9.86. The van der Waals surface area contributed by atoms with Crippen molar-refractivity contribution in [1.82, 2.24) is 9.97 Å². The molecular weight excluding hydrogens is 598 g/mol. The summed E-state index contributed by atoms with van der Waals surface area (Å²) in [6.45, 7) is 8.27. The zero-order chi connectivity index (χ0) is 33.0. The molecule has 0 fully saturated rings. The molecule has 1 aromatic heterocycles. The Labute approximate surface area is 272 Å². The lowest BCUT2D eigenvalue weighted by Crippen LogP contribution is -2.21. The van der Waals surface area contributed by atoms with Gasteiger partial charge in [-0.3, -0.25) is 0 Å². The molecule has 0 spiro atoms. The number of nitrogens with zero attached hydrogens (tertiary/aromatic N) is 2. The molecule has 4 aromatic carbocycles. The van der Waals surface area contributed by atoms with Crippen molar-refractivity contribution in [2.75, 3.05) is 35.0 Å². The van der Waals surface area contributed by atoms with Gasteiger partial charge in [-0.2, -0.15) is 4.98 Å². The van der Waals surface area contributed by atoms with Crippen LogP contribution < -0.4 is 31.2 Å². The summed E-state index contributed by atoms with van der Waals surface area (Å²) in [7, 11) is 1.60. The number of aromatic nitrogens is 2. The summed E-state index contributed by atoms with van der Waals surface area (Å²) in [6, 6.07) is 20.2. The third kappa shape index (κ3) is 7.00. The number of rotatable bonds is 9. The molecule has 6 N–H and O–H groups in total. The summed E-state index contributed by atoms with van der Waals surface area (Å²) in [6.07, 6.45) is 4.79. The SMILES string of the molecule is COc1c(NC(=O)Nc2ccc(Oc3ccnc(Nc4cc(C)c(N)c(C=N)c4)n3)c3ccccc23)cc(C(C)(C)C)cc1SC. The number of thioether (sulfide) groups is 1. The van der Waals surface area contributed by atoms with Crippen molar-refractivity contribution < 1.29 is 14.3 Å². The van der Waals surface area contributed by atoms with Crippen molar-refractivity contribution >= 4 is 63.5 Å². The minimum Gasteiger partial charge on any atom is -0.493 e. The van der Waals surface area contributed by atoms with Crippen LogP contribution >= 0.6 is 11.8 Å². The molecule has 0 aliphatic rings. The first-order valence-electron chi connectivity index (χ1n) is 14.6. The van der Waals surface area contributed by atoms with Crippen LogP contribution in [0, 0.1) is 12.3 Å². The molecule has 0 aliphatic heterocycles. The first-order valence-corrected chi connectivity index (χ1v) is 15.8. The predicted molar refractivity (Wildman–Crippen MR) is 189 cm³/mol. The number of methoxy groups -OCH3 is 1. The number of nitrogens with one attached hydrogen (secondary N) is 4. The van der Waals surface area contributed by atoms with Crippen molar-refractivity contribution in [3.8, 4) is 17.4 Å². The monoisotopic (exact) mass is 635 g/mol. The molecule has 0 bridgehead atoms. The summed E-state index contributed by atoms with van der Waals surface area (Å²) in [5.74, 6) is 1.83. The Balaban J connectivity index is 1.38. The Morgan fingerprint density at radius 1 is 1.00 bits per heavy atom. The molecule has 11 heteroatoms. The molecule has 236 valence electrons. The van der Waals surface area contributed by atoms with Crippen LogP contribution in [0.25, 0.3) is 10.8 Å². The molecule has 10 nitrogen and oxygen atoms in total. The molecule has 0 atom stereocenters. The average molecular weight is 636 g/mol. The second-order valence-electron chi connectivity index (χ2n) is 11.6. The molecule has 5 aromatic rings. The summed E-state index contributed by atoms with van der Waals surface area (Å²) in [4.78, 5) is 23.1. The third-order valence-electron chi connectivity index (χ3n) is 7.40. The van der Waals surface area contributed by atoms with Crippen LogP contribution in [-0.2, 0) is 5.41 Å². The number of hydrogen-bond donors (Lipinski definition) is 5. The highest BCUT2D eigenvalue weighted by molar-refractivity contribution is 7.98. The van der Waals surface area contributed by atoms with Crippen LogP contribution in [0.2, 0.25) is 0 Å². The van der Waals surface area contributed by atoms with Crippen LogP contribution in [0.4, 0.5) is 33.5 Å². The Morgan fingerprint density at radius 2 is 1.74 bits per heavy atom. The Hall–Kier alpha value is -5.29. The number of carbonyl (C=O) groups is 1. The van der Waals surface area contributed by atoms with Gasteiger partial charge >= 0.3 is 6.03 Å². The number of amides is 2. The van der Waals surface area contributed by atoms with Crippen LogP contribution in [0.1, 0.15) is 37.5 Å². The number of aryl methyl sites for hydroxylation is 1. The molecule has 2 amide bonds. The molecule has 0 saturated carbocycles. The molecule has 0 aliphatic carbocycles. The van der Waals surface area contributed by atoms with Gasteiger partial charge in [0, 0.05) is 46.2 Å². The molecule has 46 heavy (non-hydrogen) atoms. The fourth-order valence-electron chi connectivity index (χ4n) is 4.95. The van der Waals surface area contributed by atoms with Crippen molar-refractivity contribution in [2.24, 2.45) is 0 Å². The van der Waals surface area contributed by atoms with Crippen molar-refractivity contribution in [1.29, 1.82) is 5.41 Å². The zero-order valence-corrected chi connectivity index (χ0v) is 27.4. The summed E-state index contributed by atoms with van der Waals surface area (Å²) < 4.78 is 11.9. The van der Waals surface area contributed by atoms with E-state index in [9.17, 15) is 4.79 Å². The topological polar surface area (TPSA) is 147 Å². The van der Waals surface area contributed by atoms with Crippen LogP contribution in [0.5, 0.6) is 17.4 Å². The smallest absolute Gasteiger partial charge is 0.323 e. The summed E-state index contributed by atoms with van der Waals surface area (Å²) in [5.41, 5.74) is 10.9. The standard InChI is InChI=1S/C35H37N7O3S/c1-20-15-23(16-21(19-36)31(20)37)39-33-38-14-13-30(42-33)45-28-12-11-26(24-9-7-8-10-25(24)28)40-34(43)41-27-17-22(35(2,3)4)18-29(46-6)32(27)44-5/h7-19,36H,37H2,1-6H3,(H,38,39,42)(H2,40,41,43). The molecule has 1 heterocycles. The van der Waals surface area contributed by atoms with E-state index >= 15 is 0 Å². The van der Waals surface area contributed by atoms with E-state index in [0.29, 0.717) is 51.6 Å². The maximum absolute atomic E-state index is 13.3. The highest BCUT2D eigenvalue weighted by Gasteiger charge is 2.21. The molecular formula is C35H37N7O3S. The Kier molecular flexibility index (Phi) is 9.33. The van der Waals surface area contributed by atoms with E-state index in [4.69, 9.17) is 20.6 Å². The van der Waals surface area contributed by atoms with Gasteiger partial charge in [0.05, 0.1) is 23.4 Å². The van der Waals surface area contributed by atoms with E-state index in [1.165, 1.54) is 6.21 Å². The fraction of sp³-hybridized carbons (Fsp3) is 0.200. The number of urea groups is 1. The van der Waals surface area contributed by atoms with Gasteiger partial charge in [-0.1, -0.05) is 45.0 Å². The highest BCUT2D eigenvalue weighted by atomic mass is 32.2. The second-order valence-corrected chi connectivity index (χ2v) is 12.5. The molecule has 0 unspecified atom stereocenters. The number of hydrogen-bond acceptors (Lipinski definition) is 9. The minimum absolute atomic E-state index is 0.115. The van der Waals surface area contributed by atoms with Gasteiger partial charge in [0.25, 0.3) is 0 Å². The van der Waals surface area contributed by atoms with Gasteiger partial charge in [0.1, 0.15) is 5.75 Å². The first kappa shape index (κ1) is 32.1. The third-order valence-corrected chi connectivity index (χ3v) is 8.14. The van der Waals surface area contributed by atoms with E-state index in [0.717, 1.165) is 26.8 Å². The van der Waals surface area contributed by atoms with Gasteiger partial charge in [-0.25, -0.2) is 9.78 Å². The lowest BCUT2D eigenvalue weighted by molar-refractivity contribution is 0.262. The summed E-state index contributed by atoms with van der Waals surface area (Å²) >= 11 is 1.57. The number of carbonyl (C=O) groups excluding carboxylic acids is 1. The number of nitrogen functional groups attached to an aromatic ring is 1. The fourth-order valence-corrected chi connectivity index (χ4v) is 5.58. The molecule has 0 radical (unpaired) electrons. The number of anilines is 5. The largest absolute Gasteiger partial charge is 0.493 e. The van der Waals surface area contributed by atoms with Gasteiger partial charge < -0.3 is 36.6 Å². The van der Waals surface area contributed by atoms with Gasteiger partial charge in [-0.15, -0.1) is 11.8 Å².